The minimum Gasteiger partial charge on any atom is -0.507 e. The zero-order valence-corrected chi connectivity index (χ0v) is 21.3. The van der Waals surface area contributed by atoms with E-state index in [1.807, 2.05) is 72.8 Å². The molecule has 0 fully saturated rings. The van der Waals surface area contributed by atoms with Gasteiger partial charge >= 0.3 is 0 Å². The Balaban J connectivity index is 1.81. The molecule has 34 heavy (non-hydrogen) atoms. The van der Waals surface area contributed by atoms with Crippen molar-refractivity contribution in [3.63, 3.8) is 0 Å². The van der Waals surface area contributed by atoms with E-state index in [2.05, 4.69) is 31.9 Å². The van der Waals surface area contributed by atoms with Gasteiger partial charge in [-0.2, -0.15) is 0 Å². The number of phenolic OH excluding ortho intramolecular Hbond substituents is 2. The van der Waals surface area contributed by atoms with Crippen LogP contribution in [0.1, 0.15) is 34.3 Å². The lowest BCUT2D eigenvalue weighted by Gasteiger charge is -2.22. The summed E-state index contributed by atoms with van der Waals surface area (Å²) in [7, 11) is 0. The number of nitrogens with zero attached hydrogens (tertiary/aromatic N) is 2. The van der Waals surface area contributed by atoms with Crippen LogP contribution in [-0.2, 0) is 0 Å². The molecular formula is C28H22Br2N2O2. The van der Waals surface area contributed by atoms with E-state index in [4.69, 9.17) is 9.98 Å². The second-order valence-corrected chi connectivity index (χ2v) is 9.51. The number of halogens is 2. The van der Waals surface area contributed by atoms with Crippen LogP contribution in [0, 0.1) is 0 Å². The Kier molecular flexibility index (Phi) is 7.93. The number of aliphatic imine (C=N–C) groups is 2. The topological polar surface area (TPSA) is 65.2 Å². The van der Waals surface area contributed by atoms with E-state index in [0.717, 1.165) is 20.1 Å². The average Bonchev–Trinajstić information content (AvgIpc) is 2.86. The second kappa shape index (κ2) is 11.3. The molecule has 4 aromatic carbocycles. The van der Waals surface area contributed by atoms with Gasteiger partial charge in [0.25, 0.3) is 0 Å². The third-order valence-electron chi connectivity index (χ3n) is 5.31. The van der Waals surface area contributed by atoms with Gasteiger partial charge in [-0.1, -0.05) is 92.5 Å². The molecule has 0 radical (unpaired) electrons. The second-order valence-electron chi connectivity index (χ2n) is 7.67. The van der Waals surface area contributed by atoms with Crippen LogP contribution >= 0.6 is 31.9 Å². The summed E-state index contributed by atoms with van der Waals surface area (Å²) < 4.78 is 1.71. The van der Waals surface area contributed by atoms with E-state index in [1.165, 1.54) is 0 Å². The summed E-state index contributed by atoms with van der Waals surface area (Å²) in [4.78, 5) is 9.81. The van der Waals surface area contributed by atoms with E-state index in [1.54, 1.807) is 36.7 Å². The number of benzene rings is 4. The summed E-state index contributed by atoms with van der Waals surface area (Å²) in [5.74, 6) is 0.301. The van der Waals surface area contributed by atoms with Crippen molar-refractivity contribution in [2.24, 2.45) is 9.98 Å². The minimum absolute atomic E-state index is 0.151. The van der Waals surface area contributed by atoms with Crippen molar-refractivity contribution >= 4 is 44.3 Å². The lowest BCUT2D eigenvalue weighted by Crippen LogP contribution is -2.09. The maximum atomic E-state index is 10.3. The first-order chi connectivity index (χ1) is 16.5. The van der Waals surface area contributed by atoms with Crippen molar-refractivity contribution in [2.75, 3.05) is 0 Å². The van der Waals surface area contributed by atoms with Crippen molar-refractivity contribution in [1.82, 2.24) is 0 Å². The van der Waals surface area contributed by atoms with Gasteiger partial charge in [-0.25, -0.2) is 0 Å². The van der Waals surface area contributed by atoms with Crippen molar-refractivity contribution in [1.29, 1.82) is 0 Å². The summed E-state index contributed by atoms with van der Waals surface area (Å²) in [5.41, 5.74) is 3.18. The molecule has 0 aliphatic rings. The van der Waals surface area contributed by atoms with Gasteiger partial charge in [-0.15, -0.1) is 0 Å². The van der Waals surface area contributed by atoms with Crippen LogP contribution < -0.4 is 0 Å². The maximum absolute atomic E-state index is 10.3. The number of rotatable bonds is 7. The smallest absolute Gasteiger partial charge is 0.124 e. The lowest BCUT2D eigenvalue weighted by atomic mass is 9.94. The van der Waals surface area contributed by atoms with Gasteiger partial charge in [-0.05, 0) is 47.5 Å². The molecule has 0 aliphatic heterocycles. The highest BCUT2D eigenvalue weighted by molar-refractivity contribution is 9.10. The predicted molar refractivity (Wildman–Crippen MR) is 145 cm³/mol. The Morgan fingerprint density at radius 2 is 0.941 bits per heavy atom. The van der Waals surface area contributed by atoms with Gasteiger partial charge in [0.15, 0.2) is 0 Å². The standard InChI is InChI=1S/C28H22Br2N2O2/c29-23-11-13-25(33)21(15-23)17-31-27(19-7-3-1-4-8-19)28(20-9-5-2-6-10-20)32-18-22-16-24(30)12-14-26(22)34/h1-18,27-28,33-34H. The highest BCUT2D eigenvalue weighted by Gasteiger charge is 2.23. The molecule has 4 rings (SSSR count). The van der Waals surface area contributed by atoms with Crippen molar-refractivity contribution in [2.45, 2.75) is 12.1 Å². The molecule has 0 aromatic heterocycles. The summed E-state index contributed by atoms with van der Waals surface area (Å²) in [6.07, 6.45) is 3.36. The van der Waals surface area contributed by atoms with E-state index in [9.17, 15) is 10.2 Å². The zero-order chi connectivity index (χ0) is 23.9. The third-order valence-corrected chi connectivity index (χ3v) is 6.30. The Morgan fingerprint density at radius 3 is 1.32 bits per heavy atom. The summed E-state index contributed by atoms with van der Waals surface area (Å²) in [6, 6.07) is 29.6. The number of hydrogen-bond donors (Lipinski definition) is 2. The molecule has 0 saturated heterocycles. The number of hydrogen-bond acceptors (Lipinski definition) is 4. The van der Waals surface area contributed by atoms with E-state index in [0.29, 0.717) is 11.1 Å². The molecule has 0 amide bonds. The Bertz CT molecular complexity index is 1210. The van der Waals surface area contributed by atoms with Gasteiger partial charge < -0.3 is 10.2 Å². The summed E-state index contributed by atoms with van der Waals surface area (Å²) in [6.45, 7) is 0. The quantitative estimate of drug-likeness (QED) is 0.222. The molecule has 170 valence electrons. The van der Waals surface area contributed by atoms with E-state index in [-0.39, 0.29) is 23.6 Å². The van der Waals surface area contributed by atoms with Gasteiger partial charge in [-0.3, -0.25) is 9.98 Å². The van der Waals surface area contributed by atoms with Crippen molar-refractivity contribution < 1.29 is 10.2 Å². The molecule has 2 N–H and O–H groups in total. The van der Waals surface area contributed by atoms with Crippen molar-refractivity contribution in [3.8, 4) is 11.5 Å². The lowest BCUT2D eigenvalue weighted by molar-refractivity contribution is 0.473. The van der Waals surface area contributed by atoms with Crippen LogP contribution in [0.15, 0.2) is 116 Å². The molecule has 4 aromatic rings. The molecule has 0 saturated carbocycles. The first-order valence-corrected chi connectivity index (χ1v) is 12.2. The van der Waals surface area contributed by atoms with Gasteiger partial charge in [0.2, 0.25) is 0 Å². The molecule has 2 atom stereocenters. The van der Waals surface area contributed by atoms with E-state index < -0.39 is 0 Å². The SMILES string of the molecule is Oc1ccc(Br)cc1C=NC(c1ccccc1)C(N=Cc1cc(Br)ccc1O)c1ccccc1. The van der Waals surface area contributed by atoms with Crippen LogP contribution in [0.2, 0.25) is 0 Å². The fraction of sp³-hybridized carbons (Fsp3) is 0.0714. The van der Waals surface area contributed by atoms with Crippen LogP contribution in [-0.4, -0.2) is 22.6 Å². The number of phenols is 2. The average molecular weight is 578 g/mol. The highest BCUT2D eigenvalue weighted by atomic mass is 79.9. The molecule has 0 spiro atoms. The zero-order valence-electron chi connectivity index (χ0n) is 18.1. The molecule has 2 unspecified atom stereocenters. The summed E-state index contributed by atoms with van der Waals surface area (Å²) >= 11 is 6.91. The first kappa shape index (κ1) is 23.9. The molecule has 0 aliphatic carbocycles. The molecule has 6 heteroatoms. The van der Waals surface area contributed by atoms with E-state index >= 15 is 0 Å². The fourth-order valence-electron chi connectivity index (χ4n) is 3.58. The molecule has 0 heterocycles. The monoisotopic (exact) mass is 576 g/mol. The predicted octanol–water partition coefficient (Wildman–Crippen LogP) is 7.64. The molecular weight excluding hydrogens is 556 g/mol. The molecule has 0 bridgehead atoms. The number of aromatic hydroxyl groups is 2. The Morgan fingerprint density at radius 1 is 0.559 bits per heavy atom. The third kappa shape index (κ3) is 6.01. The Labute approximate surface area is 215 Å². The van der Waals surface area contributed by atoms with Gasteiger partial charge in [0, 0.05) is 32.5 Å². The van der Waals surface area contributed by atoms with Crippen LogP contribution in [0.4, 0.5) is 0 Å². The van der Waals surface area contributed by atoms with Crippen LogP contribution in [0.5, 0.6) is 11.5 Å². The van der Waals surface area contributed by atoms with Crippen LogP contribution in [0.25, 0.3) is 0 Å². The highest BCUT2D eigenvalue weighted by Crippen LogP contribution is 2.36. The molecule has 4 nitrogen and oxygen atoms in total. The van der Waals surface area contributed by atoms with Gasteiger partial charge in [0.05, 0.1) is 0 Å². The van der Waals surface area contributed by atoms with Crippen LogP contribution in [0.3, 0.4) is 0 Å². The largest absolute Gasteiger partial charge is 0.507 e. The minimum atomic E-state index is -0.368. The first-order valence-electron chi connectivity index (χ1n) is 10.6. The fourth-order valence-corrected chi connectivity index (χ4v) is 4.34. The Hall–Kier alpha value is -3.22. The summed E-state index contributed by atoms with van der Waals surface area (Å²) in [5, 5.41) is 20.6. The maximum Gasteiger partial charge on any atom is 0.124 e. The van der Waals surface area contributed by atoms with Crippen molar-refractivity contribution in [3.05, 3.63) is 128 Å². The normalized spacial score (nSPS) is 13.4. The van der Waals surface area contributed by atoms with Gasteiger partial charge in [0.1, 0.15) is 23.6 Å².